The Hall–Kier alpha value is -1.36. The molecule has 0 saturated heterocycles. The molecule has 1 aromatic rings. The predicted octanol–water partition coefficient (Wildman–Crippen LogP) is 2.28. The molecule has 1 saturated carbocycles. The highest BCUT2D eigenvalue weighted by Gasteiger charge is 2.28. The second-order valence-corrected chi connectivity index (χ2v) is 5.66. The van der Waals surface area contributed by atoms with Crippen LogP contribution in [0.25, 0.3) is 0 Å². The number of rotatable bonds is 6. The average molecular weight is 297 g/mol. The molecule has 0 bridgehead atoms. The van der Waals surface area contributed by atoms with Crippen molar-refractivity contribution in [2.24, 2.45) is 0 Å². The second kappa shape index (κ2) is 6.39. The zero-order valence-corrected chi connectivity index (χ0v) is 13.0. The van der Waals surface area contributed by atoms with E-state index in [-0.39, 0.29) is 12.5 Å². The minimum Gasteiger partial charge on any atom is -0.355 e. The van der Waals surface area contributed by atoms with E-state index in [2.05, 4.69) is 15.3 Å². The Morgan fingerprint density at radius 3 is 2.75 bits per heavy atom. The first-order valence-electron chi connectivity index (χ1n) is 7.04. The number of carbonyl (C=O) groups is 1. The molecule has 0 spiro atoms. The molecule has 1 aliphatic rings. The molecule has 1 aliphatic carbocycles. The minimum atomic E-state index is -0.00328. The van der Waals surface area contributed by atoms with Gasteiger partial charge in [0.2, 0.25) is 5.91 Å². The van der Waals surface area contributed by atoms with E-state index in [1.54, 1.807) is 0 Å². The molecule has 6 heteroatoms. The van der Waals surface area contributed by atoms with E-state index in [4.69, 9.17) is 11.6 Å². The molecule has 0 radical (unpaired) electrons. The summed E-state index contributed by atoms with van der Waals surface area (Å²) in [6.45, 7) is 4.89. The fraction of sp³-hybridized carbons (Fsp3) is 0.643. The molecular weight excluding hydrogens is 276 g/mol. The van der Waals surface area contributed by atoms with Crippen LogP contribution in [0.5, 0.6) is 0 Å². The molecule has 1 N–H and O–H groups in total. The quantitative estimate of drug-likeness (QED) is 0.818. The third-order valence-electron chi connectivity index (χ3n) is 3.34. The Balaban J connectivity index is 2.11. The zero-order valence-electron chi connectivity index (χ0n) is 12.2. The van der Waals surface area contributed by atoms with Crippen LogP contribution in [-0.2, 0) is 4.79 Å². The van der Waals surface area contributed by atoms with Crippen LogP contribution < -0.4 is 10.2 Å². The van der Waals surface area contributed by atoms with Gasteiger partial charge in [0.1, 0.15) is 16.8 Å². The first-order chi connectivity index (χ1) is 9.52. The predicted molar refractivity (Wildman–Crippen MR) is 80.3 cm³/mol. The summed E-state index contributed by atoms with van der Waals surface area (Å²) in [5.41, 5.74) is 0.821. The van der Waals surface area contributed by atoms with E-state index in [0.717, 1.165) is 36.5 Å². The van der Waals surface area contributed by atoms with Crippen LogP contribution in [-0.4, -0.2) is 36.0 Å². The van der Waals surface area contributed by atoms with Gasteiger partial charge in [-0.1, -0.05) is 18.5 Å². The molecule has 20 heavy (non-hydrogen) atoms. The van der Waals surface area contributed by atoms with Crippen molar-refractivity contribution in [1.29, 1.82) is 0 Å². The molecule has 1 aromatic heterocycles. The maximum Gasteiger partial charge on any atom is 0.239 e. The van der Waals surface area contributed by atoms with Crippen LogP contribution in [0.1, 0.15) is 43.5 Å². The van der Waals surface area contributed by atoms with Crippen LogP contribution in [0, 0.1) is 6.92 Å². The highest BCUT2D eigenvalue weighted by Crippen LogP contribution is 2.39. The van der Waals surface area contributed by atoms with E-state index in [1.165, 1.54) is 0 Å². The van der Waals surface area contributed by atoms with E-state index in [9.17, 15) is 4.79 Å². The van der Waals surface area contributed by atoms with Gasteiger partial charge < -0.3 is 10.2 Å². The number of aromatic nitrogens is 2. The van der Waals surface area contributed by atoms with Gasteiger partial charge in [-0.15, -0.1) is 0 Å². The summed E-state index contributed by atoms with van der Waals surface area (Å²) in [5.74, 6) is 1.99. The molecule has 0 atom stereocenters. The number of amides is 1. The van der Waals surface area contributed by atoms with E-state index in [1.807, 2.05) is 25.8 Å². The van der Waals surface area contributed by atoms with E-state index >= 15 is 0 Å². The van der Waals surface area contributed by atoms with Crippen LogP contribution >= 0.6 is 11.6 Å². The Bertz CT molecular complexity index is 502. The Morgan fingerprint density at radius 2 is 2.15 bits per heavy atom. The van der Waals surface area contributed by atoms with E-state index in [0.29, 0.717) is 17.6 Å². The smallest absolute Gasteiger partial charge is 0.239 e. The van der Waals surface area contributed by atoms with Crippen molar-refractivity contribution in [2.75, 3.05) is 25.0 Å². The maximum atomic E-state index is 11.8. The fourth-order valence-corrected chi connectivity index (χ4v) is 2.17. The first kappa shape index (κ1) is 15.0. The lowest BCUT2D eigenvalue weighted by atomic mass is 10.3. The first-order valence-corrected chi connectivity index (χ1v) is 7.42. The molecule has 2 rings (SSSR count). The van der Waals surface area contributed by atoms with Gasteiger partial charge in [0, 0.05) is 25.1 Å². The maximum absolute atomic E-state index is 11.8. The molecule has 0 aromatic carbocycles. The van der Waals surface area contributed by atoms with Crippen molar-refractivity contribution in [3.63, 3.8) is 0 Å². The standard InChI is InChI=1S/C14H21ClN4O/c1-4-7-16-11(20)8-19(3)14-9(2)12(15)17-13(18-14)10-5-6-10/h10H,4-8H2,1-3H3,(H,16,20). The minimum absolute atomic E-state index is 0.00328. The third kappa shape index (κ3) is 3.60. The number of halogens is 1. The summed E-state index contributed by atoms with van der Waals surface area (Å²) in [4.78, 5) is 22.5. The summed E-state index contributed by atoms with van der Waals surface area (Å²) >= 11 is 6.18. The lowest BCUT2D eigenvalue weighted by Gasteiger charge is -2.20. The van der Waals surface area contributed by atoms with Crippen molar-refractivity contribution in [2.45, 2.75) is 39.0 Å². The second-order valence-electron chi connectivity index (χ2n) is 5.30. The topological polar surface area (TPSA) is 58.1 Å². The summed E-state index contributed by atoms with van der Waals surface area (Å²) in [7, 11) is 1.86. The Kier molecular flexibility index (Phi) is 4.81. The molecule has 0 unspecified atom stereocenters. The Morgan fingerprint density at radius 1 is 1.45 bits per heavy atom. The van der Waals surface area contributed by atoms with Crippen molar-refractivity contribution in [3.05, 3.63) is 16.5 Å². The molecule has 1 amide bonds. The average Bonchev–Trinajstić information content (AvgIpc) is 3.23. The van der Waals surface area contributed by atoms with Gasteiger partial charge in [0.15, 0.2) is 0 Å². The highest BCUT2D eigenvalue weighted by molar-refractivity contribution is 6.30. The molecule has 1 fully saturated rings. The largest absolute Gasteiger partial charge is 0.355 e. The van der Waals surface area contributed by atoms with Crippen LogP contribution in [0.4, 0.5) is 5.82 Å². The van der Waals surface area contributed by atoms with Crippen LogP contribution in [0.2, 0.25) is 5.15 Å². The summed E-state index contributed by atoms with van der Waals surface area (Å²) in [6, 6.07) is 0. The van der Waals surface area contributed by atoms with Gasteiger partial charge in [-0.2, -0.15) is 0 Å². The van der Waals surface area contributed by atoms with Crippen molar-refractivity contribution >= 4 is 23.3 Å². The molecule has 1 heterocycles. The normalized spacial score (nSPS) is 14.2. The van der Waals surface area contributed by atoms with Gasteiger partial charge >= 0.3 is 0 Å². The van der Waals surface area contributed by atoms with E-state index < -0.39 is 0 Å². The van der Waals surface area contributed by atoms with Gasteiger partial charge in [-0.3, -0.25) is 4.79 Å². The lowest BCUT2D eigenvalue weighted by molar-refractivity contribution is -0.119. The molecule has 5 nitrogen and oxygen atoms in total. The van der Waals surface area contributed by atoms with Crippen molar-refractivity contribution in [3.8, 4) is 0 Å². The van der Waals surface area contributed by atoms with Crippen molar-refractivity contribution in [1.82, 2.24) is 15.3 Å². The number of carbonyl (C=O) groups excluding carboxylic acids is 1. The molecule has 0 aliphatic heterocycles. The van der Waals surface area contributed by atoms with Gasteiger partial charge in [0.25, 0.3) is 0 Å². The number of anilines is 1. The monoisotopic (exact) mass is 296 g/mol. The molecule has 110 valence electrons. The zero-order chi connectivity index (χ0) is 14.7. The number of hydrogen-bond acceptors (Lipinski definition) is 4. The summed E-state index contributed by atoms with van der Waals surface area (Å²) < 4.78 is 0. The number of likely N-dealkylation sites (N-methyl/N-ethyl adjacent to an activating group) is 1. The van der Waals surface area contributed by atoms with Gasteiger partial charge in [-0.25, -0.2) is 9.97 Å². The summed E-state index contributed by atoms with van der Waals surface area (Å²) in [5, 5.41) is 3.34. The lowest BCUT2D eigenvalue weighted by Crippen LogP contribution is -2.36. The third-order valence-corrected chi connectivity index (χ3v) is 3.70. The van der Waals surface area contributed by atoms with Gasteiger partial charge in [0.05, 0.1) is 6.54 Å². The number of nitrogens with zero attached hydrogens (tertiary/aromatic N) is 3. The SMILES string of the molecule is CCCNC(=O)CN(C)c1nc(C2CC2)nc(Cl)c1C. The van der Waals surface area contributed by atoms with Crippen LogP contribution in [0.3, 0.4) is 0 Å². The number of nitrogens with one attached hydrogen (secondary N) is 1. The summed E-state index contributed by atoms with van der Waals surface area (Å²) in [6.07, 6.45) is 3.18. The fourth-order valence-electron chi connectivity index (χ4n) is 2.00. The highest BCUT2D eigenvalue weighted by atomic mass is 35.5. The van der Waals surface area contributed by atoms with Crippen molar-refractivity contribution < 1.29 is 4.79 Å². The Labute approximate surface area is 124 Å². The van der Waals surface area contributed by atoms with Gasteiger partial charge in [-0.05, 0) is 26.2 Å². The molecular formula is C14H21ClN4O. The van der Waals surface area contributed by atoms with Crippen LogP contribution in [0.15, 0.2) is 0 Å². The number of hydrogen-bond donors (Lipinski definition) is 1.